The number of carbonyl (C=O) groups excluding carboxylic acids is 1. The van der Waals surface area contributed by atoms with Crippen LogP contribution in [0.2, 0.25) is 0 Å². The Labute approximate surface area is 224 Å². The molecule has 2 aromatic rings. The summed E-state index contributed by atoms with van der Waals surface area (Å²) in [4.78, 5) is 25.3. The van der Waals surface area contributed by atoms with Gasteiger partial charge in [0.2, 0.25) is 5.91 Å². The average Bonchev–Trinajstić information content (AvgIpc) is 2.90. The maximum absolute atomic E-state index is 12.0. The van der Waals surface area contributed by atoms with Gasteiger partial charge in [-0.3, -0.25) is 9.59 Å². The van der Waals surface area contributed by atoms with Gasteiger partial charge in [-0.25, -0.2) is 0 Å². The number of benzene rings is 2. The minimum atomic E-state index is -0.998. The Morgan fingerprint density at radius 1 is 0.895 bits per heavy atom. The first-order valence-electron chi connectivity index (χ1n) is 13.8. The summed E-state index contributed by atoms with van der Waals surface area (Å²) in [5.74, 6) is -1.20. The van der Waals surface area contributed by atoms with Crippen LogP contribution >= 0.6 is 0 Å². The van der Waals surface area contributed by atoms with Gasteiger partial charge in [-0.15, -0.1) is 0 Å². The number of hydrogen-bond acceptors (Lipinski definition) is 6. The molecular weight excluding hydrogens is 484 g/mol. The second-order valence-electron chi connectivity index (χ2n) is 10.5. The Hall–Kier alpha value is -2.78. The monoisotopic (exact) mass is 524 g/mol. The highest BCUT2D eigenvalue weighted by Crippen LogP contribution is 2.42. The summed E-state index contributed by atoms with van der Waals surface area (Å²) in [5.41, 5.74) is 3.38. The van der Waals surface area contributed by atoms with Crippen LogP contribution in [0.15, 0.2) is 48.5 Å². The zero-order valence-electron chi connectivity index (χ0n) is 22.2. The third kappa shape index (κ3) is 7.86. The molecule has 38 heavy (non-hydrogen) atoms. The highest BCUT2D eigenvalue weighted by atomic mass is 16.7. The molecule has 206 valence electrons. The highest BCUT2D eigenvalue weighted by molar-refractivity contribution is 5.92. The second-order valence-corrected chi connectivity index (χ2v) is 10.5. The summed E-state index contributed by atoms with van der Waals surface area (Å²) >= 11 is 0. The average molecular weight is 525 g/mol. The van der Waals surface area contributed by atoms with Crippen LogP contribution in [-0.2, 0) is 25.7 Å². The first-order chi connectivity index (χ1) is 18.4. The Kier molecular flexibility index (Phi) is 10.3. The number of likely N-dealkylation sites (tertiary alicyclic amines) is 1. The zero-order valence-corrected chi connectivity index (χ0v) is 22.2. The lowest BCUT2D eigenvalue weighted by Gasteiger charge is -2.43. The smallest absolute Gasteiger partial charge is 0.303 e. The van der Waals surface area contributed by atoms with E-state index in [1.165, 1.54) is 32.1 Å². The number of hydrogen-bond donors (Lipinski definition) is 3. The van der Waals surface area contributed by atoms with Crippen LogP contribution in [0.1, 0.15) is 81.0 Å². The minimum Gasteiger partial charge on any atom is -0.481 e. The van der Waals surface area contributed by atoms with E-state index >= 15 is 0 Å². The van der Waals surface area contributed by atoms with Crippen molar-refractivity contribution < 1.29 is 29.3 Å². The Balaban J connectivity index is 1.50. The van der Waals surface area contributed by atoms with Crippen molar-refractivity contribution >= 4 is 17.6 Å². The number of nitrogens with zero attached hydrogens (tertiary/aromatic N) is 1. The number of rotatable bonds is 9. The summed E-state index contributed by atoms with van der Waals surface area (Å²) in [7, 11) is 0. The van der Waals surface area contributed by atoms with Crippen LogP contribution in [0, 0.1) is 5.92 Å². The van der Waals surface area contributed by atoms with Gasteiger partial charge in [0.15, 0.2) is 6.29 Å². The van der Waals surface area contributed by atoms with E-state index in [1.807, 2.05) is 36.4 Å². The first-order valence-corrected chi connectivity index (χ1v) is 13.8. The van der Waals surface area contributed by atoms with Gasteiger partial charge in [0.1, 0.15) is 0 Å². The van der Waals surface area contributed by atoms with Gasteiger partial charge in [-0.2, -0.15) is 0 Å². The number of carboxylic acids is 1. The standard InChI is InChI=1S/C30H40N2O6/c1-21-26(19-32-17-5-3-2-4-6-18-32)37-30(38-29(21)23-9-7-22(20-33)8-10-23)24-11-13-25(14-12-24)31-27(34)15-16-28(35)36/h7-14,21,26,29-30,33H,2-6,15-20H2,1H3,(H,31,34)(H,35,36)/t21-,26+,29+,30+/m0/s1. The van der Waals surface area contributed by atoms with Crippen molar-refractivity contribution in [1.29, 1.82) is 0 Å². The van der Waals surface area contributed by atoms with E-state index in [9.17, 15) is 14.7 Å². The fourth-order valence-corrected chi connectivity index (χ4v) is 5.25. The lowest BCUT2D eigenvalue weighted by molar-refractivity contribution is -0.276. The molecule has 0 bridgehead atoms. The van der Waals surface area contributed by atoms with Crippen molar-refractivity contribution in [1.82, 2.24) is 4.90 Å². The SMILES string of the molecule is C[C@H]1[C@@H](CN2CCCCCCC2)O[C@@H](c2ccc(NC(=O)CCC(=O)O)cc2)O[C@H]1c1ccc(CO)cc1. The van der Waals surface area contributed by atoms with Gasteiger partial charge in [0.05, 0.1) is 25.2 Å². The second kappa shape index (κ2) is 13.8. The van der Waals surface area contributed by atoms with Crippen molar-refractivity contribution in [3.63, 3.8) is 0 Å². The Morgan fingerprint density at radius 2 is 1.53 bits per heavy atom. The molecule has 0 unspecified atom stereocenters. The highest BCUT2D eigenvalue weighted by Gasteiger charge is 2.39. The number of aliphatic hydroxyl groups excluding tert-OH is 1. The molecule has 4 atom stereocenters. The molecule has 8 nitrogen and oxygen atoms in total. The van der Waals surface area contributed by atoms with Crippen LogP contribution < -0.4 is 5.32 Å². The molecule has 2 aliphatic rings. The molecule has 1 amide bonds. The van der Waals surface area contributed by atoms with E-state index in [-0.39, 0.29) is 43.5 Å². The quantitative estimate of drug-likeness (QED) is 0.422. The number of ether oxygens (including phenoxy) is 2. The number of aliphatic hydroxyl groups is 1. The molecule has 8 heteroatoms. The first kappa shape index (κ1) is 28.2. The van der Waals surface area contributed by atoms with E-state index in [0.29, 0.717) is 5.69 Å². The summed E-state index contributed by atoms with van der Waals surface area (Å²) in [6, 6.07) is 15.3. The normalized spacial score (nSPS) is 24.8. The molecule has 0 spiro atoms. The van der Waals surface area contributed by atoms with E-state index in [1.54, 1.807) is 12.1 Å². The van der Waals surface area contributed by atoms with Crippen LogP contribution in [0.3, 0.4) is 0 Å². The number of carbonyl (C=O) groups is 2. The van der Waals surface area contributed by atoms with Gasteiger partial charge in [0, 0.05) is 30.1 Å². The third-order valence-electron chi connectivity index (χ3n) is 7.54. The van der Waals surface area contributed by atoms with E-state index < -0.39 is 12.3 Å². The van der Waals surface area contributed by atoms with E-state index in [4.69, 9.17) is 14.6 Å². The van der Waals surface area contributed by atoms with E-state index in [0.717, 1.165) is 36.3 Å². The largest absolute Gasteiger partial charge is 0.481 e. The topological polar surface area (TPSA) is 108 Å². The predicted molar refractivity (Wildman–Crippen MR) is 144 cm³/mol. The minimum absolute atomic E-state index is 0.00384. The maximum atomic E-state index is 12.0. The van der Waals surface area contributed by atoms with Gasteiger partial charge < -0.3 is 29.9 Å². The van der Waals surface area contributed by atoms with Gasteiger partial charge >= 0.3 is 5.97 Å². The summed E-state index contributed by atoms with van der Waals surface area (Å²) in [6.45, 7) is 5.22. The van der Waals surface area contributed by atoms with Gasteiger partial charge in [0.25, 0.3) is 0 Å². The lowest BCUT2D eigenvalue weighted by Crippen LogP contribution is -2.45. The molecule has 3 N–H and O–H groups in total. The van der Waals surface area contributed by atoms with Gasteiger partial charge in [-0.1, -0.05) is 62.6 Å². The van der Waals surface area contributed by atoms with Crippen LogP contribution in [0.4, 0.5) is 5.69 Å². The van der Waals surface area contributed by atoms with Gasteiger partial charge in [-0.05, 0) is 49.2 Å². The van der Waals surface area contributed by atoms with Crippen molar-refractivity contribution in [2.45, 2.75) is 77.0 Å². The summed E-state index contributed by atoms with van der Waals surface area (Å²) in [5, 5.41) is 21.0. The van der Waals surface area contributed by atoms with Crippen LogP contribution in [0.5, 0.6) is 0 Å². The van der Waals surface area contributed by atoms with Crippen molar-refractivity contribution in [3.05, 3.63) is 65.2 Å². The summed E-state index contributed by atoms with van der Waals surface area (Å²) < 4.78 is 13.1. The van der Waals surface area contributed by atoms with E-state index in [2.05, 4.69) is 17.1 Å². The third-order valence-corrected chi connectivity index (χ3v) is 7.54. The fraction of sp³-hybridized carbons (Fsp3) is 0.533. The molecule has 2 aromatic carbocycles. The number of aliphatic carboxylic acids is 1. The number of amides is 1. The Bertz CT molecular complexity index is 1030. The molecule has 2 heterocycles. The molecule has 0 saturated carbocycles. The lowest BCUT2D eigenvalue weighted by atomic mass is 9.89. The molecule has 2 saturated heterocycles. The summed E-state index contributed by atoms with van der Waals surface area (Å²) in [6.07, 6.45) is 5.28. The molecule has 2 fully saturated rings. The Morgan fingerprint density at radius 3 is 2.16 bits per heavy atom. The molecule has 0 aromatic heterocycles. The number of carboxylic acid groups (broad SMARTS) is 1. The van der Waals surface area contributed by atoms with Crippen molar-refractivity contribution in [2.75, 3.05) is 25.0 Å². The predicted octanol–water partition coefficient (Wildman–Crippen LogP) is 5.04. The van der Waals surface area contributed by atoms with Crippen LogP contribution in [0.25, 0.3) is 0 Å². The molecule has 0 radical (unpaired) electrons. The van der Waals surface area contributed by atoms with Crippen molar-refractivity contribution in [2.24, 2.45) is 5.92 Å². The van der Waals surface area contributed by atoms with Crippen molar-refractivity contribution in [3.8, 4) is 0 Å². The number of nitrogens with one attached hydrogen (secondary N) is 1. The molecular formula is C30H40N2O6. The molecule has 2 aliphatic heterocycles. The zero-order chi connectivity index (χ0) is 26.9. The fourth-order valence-electron chi connectivity index (χ4n) is 5.25. The maximum Gasteiger partial charge on any atom is 0.303 e. The molecule has 0 aliphatic carbocycles. The molecule has 4 rings (SSSR count). The number of anilines is 1. The van der Waals surface area contributed by atoms with Crippen LogP contribution in [-0.4, -0.2) is 52.7 Å².